The lowest BCUT2D eigenvalue weighted by molar-refractivity contribution is 0.100. The molecule has 144 valence electrons. The van der Waals surface area contributed by atoms with Crippen molar-refractivity contribution in [3.63, 3.8) is 0 Å². The number of nitrogens with one attached hydrogen (secondary N) is 1. The molecule has 28 heavy (non-hydrogen) atoms. The molecule has 3 aromatic rings. The molecule has 3 heterocycles. The van der Waals surface area contributed by atoms with Crippen molar-refractivity contribution in [1.82, 2.24) is 9.88 Å². The van der Waals surface area contributed by atoms with Crippen LogP contribution in [0.1, 0.15) is 28.9 Å². The van der Waals surface area contributed by atoms with Gasteiger partial charge in [0.2, 0.25) is 0 Å². The lowest BCUT2D eigenvalue weighted by Crippen LogP contribution is -2.19. The van der Waals surface area contributed by atoms with Crippen LogP contribution in [0.15, 0.2) is 48.5 Å². The van der Waals surface area contributed by atoms with Crippen LogP contribution in [0.5, 0.6) is 0 Å². The third kappa shape index (κ3) is 4.21. The van der Waals surface area contributed by atoms with Gasteiger partial charge in [-0.15, -0.1) is 11.3 Å². The van der Waals surface area contributed by atoms with Gasteiger partial charge < -0.3 is 11.1 Å². The number of primary amides is 1. The highest BCUT2D eigenvalue weighted by molar-refractivity contribution is 7.19. The fourth-order valence-electron chi connectivity index (χ4n) is 3.35. The number of hydrogen-bond acceptors (Lipinski definition) is 5. The fourth-order valence-corrected chi connectivity index (χ4v) is 4.42. The van der Waals surface area contributed by atoms with Crippen molar-refractivity contribution in [2.75, 3.05) is 18.4 Å². The third-order valence-electron chi connectivity index (χ3n) is 4.76. The Hall–Kier alpha value is -2.77. The molecule has 1 fully saturated rings. The van der Waals surface area contributed by atoms with Gasteiger partial charge in [-0.1, -0.05) is 18.2 Å². The minimum absolute atomic E-state index is 0.298. The Morgan fingerprint density at radius 2 is 1.93 bits per heavy atom. The molecule has 1 amide bonds. The molecular formula is C21H21FN4OS. The molecule has 1 aromatic carbocycles. The molecule has 5 nitrogen and oxygen atoms in total. The largest absolute Gasteiger partial charge is 0.366 e. The summed E-state index contributed by atoms with van der Waals surface area (Å²) in [6, 6.07) is 13.7. The summed E-state index contributed by atoms with van der Waals surface area (Å²) in [6.45, 7) is 3.04. The fraction of sp³-hybridized carbons (Fsp3) is 0.238. The van der Waals surface area contributed by atoms with E-state index in [4.69, 9.17) is 5.73 Å². The molecule has 0 spiro atoms. The lowest BCUT2D eigenvalue weighted by atomic mass is 10.1. The zero-order chi connectivity index (χ0) is 19.5. The van der Waals surface area contributed by atoms with Crippen LogP contribution >= 0.6 is 11.3 Å². The molecule has 0 atom stereocenters. The third-order valence-corrected chi connectivity index (χ3v) is 5.86. The van der Waals surface area contributed by atoms with Crippen molar-refractivity contribution >= 4 is 28.1 Å². The van der Waals surface area contributed by atoms with E-state index in [0.29, 0.717) is 16.4 Å². The second-order valence-electron chi connectivity index (χ2n) is 6.85. The second-order valence-corrected chi connectivity index (χ2v) is 7.90. The highest BCUT2D eigenvalue weighted by Crippen LogP contribution is 2.36. The normalized spacial score (nSPS) is 14.3. The van der Waals surface area contributed by atoms with Crippen LogP contribution in [-0.2, 0) is 6.54 Å². The van der Waals surface area contributed by atoms with Crippen LogP contribution in [0.2, 0.25) is 0 Å². The van der Waals surface area contributed by atoms with Crippen molar-refractivity contribution in [3.05, 3.63) is 65.6 Å². The summed E-state index contributed by atoms with van der Waals surface area (Å²) in [4.78, 5) is 19.8. The number of thiophene rings is 1. The molecule has 0 aliphatic carbocycles. The van der Waals surface area contributed by atoms with Gasteiger partial charge >= 0.3 is 0 Å². The van der Waals surface area contributed by atoms with Gasteiger partial charge in [-0.2, -0.15) is 0 Å². The number of benzene rings is 1. The Balaban J connectivity index is 1.58. The monoisotopic (exact) mass is 396 g/mol. The Morgan fingerprint density at radius 3 is 2.64 bits per heavy atom. The maximum absolute atomic E-state index is 13.2. The van der Waals surface area contributed by atoms with Gasteiger partial charge in [0, 0.05) is 11.4 Å². The number of likely N-dealkylation sites (tertiary alicyclic amines) is 1. The number of rotatable bonds is 6. The topological polar surface area (TPSA) is 71.2 Å². The molecule has 1 aliphatic rings. The number of carbonyl (C=O) groups excluding carboxylic acids is 1. The highest BCUT2D eigenvalue weighted by atomic mass is 32.1. The van der Waals surface area contributed by atoms with E-state index >= 15 is 0 Å². The standard InChI is InChI=1S/C21H21FN4OS/c22-15-8-6-14(7-9-15)18-12-17(20(23)27)21(28-18)25-19-5-3-4-16(24-19)13-26-10-1-2-11-26/h3-9,12H,1-2,10-11,13H2,(H2,23,27)(H,24,25). The lowest BCUT2D eigenvalue weighted by Gasteiger charge is -2.14. The van der Waals surface area contributed by atoms with Gasteiger partial charge in [0.25, 0.3) is 5.91 Å². The van der Waals surface area contributed by atoms with Gasteiger partial charge in [0.1, 0.15) is 16.6 Å². The Morgan fingerprint density at radius 1 is 1.18 bits per heavy atom. The first-order chi connectivity index (χ1) is 13.6. The molecule has 0 saturated carbocycles. The maximum Gasteiger partial charge on any atom is 0.251 e. The summed E-state index contributed by atoms with van der Waals surface area (Å²) in [7, 11) is 0. The minimum Gasteiger partial charge on any atom is -0.366 e. The quantitative estimate of drug-likeness (QED) is 0.648. The number of anilines is 2. The van der Waals surface area contributed by atoms with E-state index in [0.717, 1.165) is 35.8 Å². The zero-order valence-corrected chi connectivity index (χ0v) is 16.1. The molecule has 1 aliphatic heterocycles. The molecular weight excluding hydrogens is 375 g/mol. The van der Waals surface area contributed by atoms with Gasteiger partial charge in [-0.3, -0.25) is 9.69 Å². The molecule has 0 unspecified atom stereocenters. The van der Waals surface area contributed by atoms with Gasteiger partial charge in [-0.05, 0) is 61.8 Å². The molecule has 2 aromatic heterocycles. The first-order valence-electron chi connectivity index (χ1n) is 9.23. The van der Waals surface area contributed by atoms with E-state index < -0.39 is 5.91 Å². The van der Waals surface area contributed by atoms with Crippen LogP contribution in [0, 0.1) is 5.82 Å². The van der Waals surface area contributed by atoms with E-state index in [2.05, 4.69) is 15.2 Å². The second kappa shape index (κ2) is 8.08. The van der Waals surface area contributed by atoms with Gasteiger partial charge in [0.15, 0.2) is 0 Å². The summed E-state index contributed by atoms with van der Waals surface area (Å²) in [6.07, 6.45) is 2.47. The van der Waals surface area contributed by atoms with Gasteiger partial charge in [0.05, 0.1) is 11.3 Å². The summed E-state index contributed by atoms with van der Waals surface area (Å²) >= 11 is 1.40. The number of hydrogen-bond donors (Lipinski definition) is 2. The van der Waals surface area contributed by atoms with E-state index in [1.54, 1.807) is 18.2 Å². The number of aromatic nitrogens is 1. The summed E-state index contributed by atoms with van der Waals surface area (Å²) in [5.74, 6) is -0.139. The number of amides is 1. The van der Waals surface area contributed by atoms with E-state index in [1.807, 2.05) is 18.2 Å². The summed E-state index contributed by atoms with van der Waals surface area (Å²) < 4.78 is 13.2. The molecule has 7 heteroatoms. The number of halogens is 1. The average Bonchev–Trinajstić information content (AvgIpc) is 3.33. The van der Waals surface area contributed by atoms with Crippen LogP contribution in [-0.4, -0.2) is 28.9 Å². The number of carbonyl (C=O) groups is 1. The van der Waals surface area contributed by atoms with Crippen molar-refractivity contribution in [2.24, 2.45) is 5.73 Å². The van der Waals surface area contributed by atoms with Crippen LogP contribution < -0.4 is 11.1 Å². The van der Waals surface area contributed by atoms with Crippen molar-refractivity contribution in [3.8, 4) is 10.4 Å². The molecule has 1 saturated heterocycles. The molecule has 3 N–H and O–H groups in total. The van der Waals surface area contributed by atoms with E-state index in [9.17, 15) is 9.18 Å². The smallest absolute Gasteiger partial charge is 0.251 e. The SMILES string of the molecule is NC(=O)c1cc(-c2ccc(F)cc2)sc1Nc1cccc(CN2CCCC2)n1. The molecule has 0 radical (unpaired) electrons. The number of pyridine rings is 1. The predicted molar refractivity (Wildman–Crippen MR) is 110 cm³/mol. The van der Waals surface area contributed by atoms with E-state index in [1.165, 1.54) is 36.3 Å². The molecule has 4 rings (SSSR count). The van der Waals surface area contributed by atoms with Crippen molar-refractivity contribution in [2.45, 2.75) is 19.4 Å². The van der Waals surface area contributed by atoms with Crippen LogP contribution in [0.4, 0.5) is 15.2 Å². The van der Waals surface area contributed by atoms with Gasteiger partial charge in [-0.25, -0.2) is 9.37 Å². The number of nitrogens with two attached hydrogens (primary N) is 1. The van der Waals surface area contributed by atoms with Crippen LogP contribution in [0.3, 0.4) is 0 Å². The van der Waals surface area contributed by atoms with Crippen molar-refractivity contribution < 1.29 is 9.18 Å². The first-order valence-corrected chi connectivity index (χ1v) is 10.0. The number of nitrogens with zero attached hydrogens (tertiary/aromatic N) is 2. The minimum atomic E-state index is -0.514. The Labute approximate surface area is 167 Å². The zero-order valence-electron chi connectivity index (χ0n) is 15.3. The summed E-state index contributed by atoms with van der Waals surface area (Å²) in [5, 5.41) is 3.87. The average molecular weight is 396 g/mol. The Kier molecular flexibility index (Phi) is 5.36. The highest BCUT2D eigenvalue weighted by Gasteiger charge is 2.16. The van der Waals surface area contributed by atoms with E-state index in [-0.39, 0.29) is 5.82 Å². The van der Waals surface area contributed by atoms with Crippen molar-refractivity contribution in [1.29, 1.82) is 0 Å². The maximum atomic E-state index is 13.2. The first kappa shape index (κ1) is 18.6. The Bertz CT molecular complexity index is 980. The molecule has 0 bridgehead atoms. The summed E-state index contributed by atoms with van der Waals surface area (Å²) in [5.41, 5.74) is 7.78. The predicted octanol–water partition coefficient (Wildman–Crippen LogP) is 4.39. The van der Waals surface area contributed by atoms with Crippen LogP contribution in [0.25, 0.3) is 10.4 Å².